The van der Waals surface area contributed by atoms with Crippen molar-refractivity contribution in [2.75, 3.05) is 49.1 Å². The van der Waals surface area contributed by atoms with Crippen molar-refractivity contribution in [3.63, 3.8) is 0 Å². The van der Waals surface area contributed by atoms with Gasteiger partial charge in [-0.15, -0.1) is 11.3 Å². The number of fused-ring (bicyclic) bond motifs is 1. The van der Waals surface area contributed by atoms with Gasteiger partial charge in [0, 0.05) is 37.4 Å². The fourth-order valence-corrected chi connectivity index (χ4v) is 5.65. The number of carbonyl (C=O) groups excluding carboxylic acids is 1. The molecular formula is C24H25Cl2N5OS. The number of benzene rings is 2. The highest BCUT2D eigenvalue weighted by Crippen LogP contribution is 2.34. The molecule has 4 rings (SSSR count). The van der Waals surface area contributed by atoms with Gasteiger partial charge in [0.25, 0.3) is 0 Å². The first kappa shape index (κ1) is 23.7. The van der Waals surface area contributed by atoms with Crippen LogP contribution in [0.1, 0.15) is 18.4 Å². The normalized spacial score (nSPS) is 14.4. The maximum absolute atomic E-state index is 12.1. The molecule has 0 saturated carbocycles. The number of urea groups is 1. The van der Waals surface area contributed by atoms with E-state index in [1.807, 2.05) is 30.3 Å². The van der Waals surface area contributed by atoms with Crippen LogP contribution in [0.2, 0.25) is 10.0 Å². The number of rotatable bonds is 7. The van der Waals surface area contributed by atoms with Crippen molar-refractivity contribution in [3.05, 3.63) is 58.1 Å². The summed E-state index contributed by atoms with van der Waals surface area (Å²) >= 11 is 14.0. The fraction of sp³-hybridized carbons (Fsp3) is 0.333. The summed E-state index contributed by atoms with van der Waals surface area (Å²) < 4.78 is 0.980. The number of primary amides is 1. The summed E-state index contributed by atoms with van der Waals surface area (Å²) in [5.41, 5.74) is 7.27. The molecule has 2 N–H and O–H groups in total. The first-order chi connectivity index (χ1) is 16.0. The molecule has 2 amide bonds. The van der Waals surface area contributed by atoms with Gasteiger partial charge in [-0.25, -0.2) is 4.79 Å². The summed E-state index contributed by atoms with van der Waals surface area (Å²) in [4.78, 5) is 18.4. The van der Waals surface area contributed by atoms with E-state index in [9.17, 15) is 4.79 Å². The lowest BCUT2D eigenvalue weighted by Crippen LogP contribution is -2.46. The van der Waals surface area contributed by atoms with Crippen LogP contribution in [-0.4, -0.2) is 50.2 Å². The van der Waals surface area contributed by atoms with Crippen LogP contribution < -0.4 is 15.5 Å². The summed E-state index contributed by atoms with van der Waals surface area (Å²) in [5, 5.41) is 12.1. The van der Waals surface area contributed by atoms with Crippen molar-refractivity contribution in [3.8, 4) is 6.07 Å². The molecule has 3 aromatic rings. The molecular weight excluding hydrogens is 477 g/mol. The van der Waals surface area contributed by atoms with Crippen LogP contribution in [0.25, 0.3) is 10.1 Å². The fourth-order valence-electron chi connectivity index (χ4n) is 4.10. The van der Waals surface area contributed by atoms with E-state index in [-0.39, 0.29) is 0 Å². The van der Waals surface area contributed by atoms with Gasteiger partial charge in [0.05, 0.1) is 27.4 Å². The van der Waals surface area contributed by atoms with Crippen molar-refractivity contribution in [1.82, 2.24) is 4.90 Å². The lowest BCUT2D eigenvalue weighted by Gasteiger charge is -2.36. The molecule has 0 unspecified atom stereocenters. The first-order valence-corrected chi connectivity index (χ1v) is 12.5. The molecule has 1 fully saturated rings. The Morgan fingerprint density at radius 2 is 1.91 bits per heavy atom. The summed E-state index contributed by atoms with van der Waals surface area (Å²) in [5.74, 6) is 0. The molecule has 1 aromatic heterocycles. The van der Waals surface area contributed by atoms with Gasteiger partial charge < -0.3 is 10.6 Å². The summed E-state index contributed by atoms with van der Waals surface area (Å²) in [6.07, 6.45) is 1.84. The lowest BCUT2D eigenvalue weighted by molar-refractivity contribution is 0.249. The van der Waals surface area contributed by atoms with Crippen molar-refractivity contribution in [2.45, 2.75) is 12.8 Å². The quantitative estimate of drug-likeness (QED) is 0.429. The van der Waals surface area contributed by atoms with E-state index in [0.717, 1.165) is 66.3 Å². The Labute approximate surface area is 207 Å². The Kier molecular flexibility index (Phi) is 7.61. The van der Waals surface area contributed by atoms with Gasteiger partial charge in [-0.3, -0.25) is 9.80 Å². The van der Waals surface area contributed by atoms with Gasteiger partial charge in [-0.1, -0.05) is 35.3 Å². The molecule has 172 valence electrons. The molecule has 33 heavy (non-hydrogen) atoms. The van der Waals surface area contributed by atoms with Crippen LogP contribution in [0.4, 0.5) is 15.5 Å². The van der Waals surface area contributed by atoms with Crippen LogP contribution in [0, 0.1) is 11.3 Å². The number of anilines is 2. The van der Waals surface area contributed by atoms with Crippen molar-refractivity contribution in [2.24, 2.45) is 5.73 Å². The number of thiophene rings is 1. The number of hydrogen-bond donors (Lipinski definition) is 1. The minimum absolute atomic E-state index is 0.450. The number of hydrogen-bond acceptors (Lipinski definition) is 5. The highest BCUT2D eigenvalue weighted by Gasteiger charge is 2.20. The van der Waals surface area contributed by atoms with Gasteiger partial charge in [0.1, 0.15) is 5.00 Å². The van der Waals surface area contributed by atoms with E-state index in [4.69, 9.17) is 34.2 Å². The topological polar surface area (TPSA) is 76.6 Å². The molecule has 1 saturated heterocycles. The van der Waals surface area contributed by atoms with E-state index in [1.165, 1.54) is 11.3 Å². The number of nitriles is 1. The van der Waals surface area contributed by atoms with Crippen LogP contribution in [0.5, 0.6) is 0 Å². The summed E-state index contributed by atoms with van der Waals surface area (Å²) in [6, 6.07) is 15.0. The van der Waals surface area contributed by atoms with Gasteiger partial charge in [0.2, 0.25) is 0 Å². The van der Waals surface area contributed by atoms with Crippen LogP contribution in [0.15, 0.2) is 42.5 Å². The Morgan fingerprint density at radius 1 is 1.12 bits per heavy atom. The highest BCUT2D eigenvalue weighted by molar-refractivity contribution is 7.23. The lowest BCUT2D eigenvalue weighted by atomic mass is 10.2. The minimum atomic E-state index is -0.450. The van der Waals surface area contributed by atoms with E-state index in [1.54, 1.807) is 17.0 Å². The minimum Gasteiger partial charge on any atom is -0.368 e. The van der Waals surface area contributed by atoms with Gasteiger partial charge in [-0.05, 0) is 55.1 Å². The second-order valence-corrected chi connectivity index (χ2v) is 9.90. The second kappa shape index (κ2) is 10.6. The van der Waals surface area contributed by atoms with E-state index in [0.29, 0.717) is 22.2 Å². The Hall–Kier alpha value is -2.50. The van der Waals surface area contributed by atoms with Crippen molar-refractivity contribution < 1.29 is 4.79 Å². The molecule has 0 radical (unpaired) electrons. The zero-order valence-corrected chi connectivity index (χ0v) is 20.5. The SMILES string of the molecule is N#Cc1ccc2cc(N(CCCCN3CCN(c4cccc(Cl)c4Cl)CC3)C(N)=O)sc2c1. The molecule has 9 heteroatoms. The van der Waals surface area contributed by atoms with E-state index < -0.39 is 6.03 Å². The maximum Gasteiger partial charge on any atom is 0.319 e. The Bertz CT molecular complexity index is 1180. The van der Waals surface area contributed by atoms with Crippen LogP contribution in [0.3, 0.4) is 0 Å². The average molecular weight is 502 g/mol. The number of piperazine rings is 1. The first-order valence-electron chi connectivity index (χ1n) is 10.9. The number of nitrogens with two attached hydrogens (primary N) is 1. The van der Waals surface area contributed by atoms with Crippen molar-refractivity contribution in [1.29, 1.82) is 5.26 Å². The van der Waals surface area contributed by atoms with Crippen LogP contribution in [-0.2, 0) is 0 Å². The summed E-state index contributed by atoms with van der Waals surface area (Å²) in [6.45, 7) is 5.27. The molecule has 2 aromatic carbocycles. The number of unbranched alkanes of at least 4 members (excludes halogenated alkanes) is 1. The number of halogens is 2. The molecule has 0 aliphatic carbocycles. The van der Waals surface area contributed by atoms with Gasteiger partial charge >= 0.3 is 6.03 Å². The second-order valence-electron chi connectivity index (χ2n) is 8.05. The van der Waals surface area contributed by atoms with Gasteiger partial charge in [0.15, 0.2) is 0 Å². The maximum atomic E-state index is 12.1. The molecule has 0 bridgehead atoms. The Morgan fingerprint density at radius 3 is 2.64 bits per heavy atom. The third-order valence-corrected chi connectivity index (χ3v) is 7.85. The number of nitrogens with zero attached hydrogens (tertiary/aromatic N) is 4. The third-order valence-electron chi connectivity index (χ3n) is 5.92. The molecule has 0 atom stereocenters. The van der Waals surface area contributed by atoms with Gasteiger partial charge in [-0.2, -0.15) is 5.26 Å². The molecule has 2 heterocycles. The average Bonchev–Trinajstić information content (AvgIpc) is 3.23. The predicted molar refractivity (Wildman–Crippen MR) is 138 cm³/mol. The number of amides is 2. The monoisotopic (exact) mass is 501 g/mol. The predicted octanol–water partition coefficient (Wildman–Crippen LogP) is 5.57. The summed E-state index contributed by atoms with van der Waals surface area (Å²) in [7, 11) is 0. The van der Waals surface area contributed by atoms with Crippen LogP contribution >= 0.6 is 34.5 Å². The van der Waals surface area contributed by atoms with E-state index >= 15 is 0 Å². The molecule has 1 aliphatic rings. The van der Waals surface area contributed by atoms with Crippen molar-refractivity contribution >= 4 is 61.3 Å². The molecule has 1 aliphatic heterocycles. The highest BCUT2D eigenvalue weighted by atomic mass is 35.5. The molecule has 0 spiro atoms. The number of carbonyl (C=O) groups is 1. The zero-order valence-electron chi connectivity index (χ0n) is 18.1. The van der Waals surface area contributed by atoms with E-state index in [2.05, 4.69) is 15.9 Å². The standard InChI is InChI=1S/C24H25Cl2N5OS/c25-19-4-3-5-20(23(19)26)30-12-10-29(11-13-30)8-1-2-9-31(24(28)32)22-15-18-7-6-17(16-27)14-21(18)33-22/h3-7,14-15H,1-2,8-13H2,(H2,28,32). The zero-order chi connectivity index (χ0) is 23.4. The third kappa shape index (κ3) is 5.53. The Balaban J connectivity index is 1.27. The molecule has 6 nitrogen and oxygen atoms in total. The smallest absolute Gasteiger partial charge is 0.319 e. The largest absolute Gasteiger partial charge is 0.368 e.